The van der Waals surface area contributed by atoms with Gasteiger partial charge in [-0.1, -0.05) is 0 Å². The van der Waals surface area contributed by atoms with E-state index in [-0.39, 0.29) is 22.8 Å². The van der Waals surface area contributed by atoms with E-state index in [0.29, 0.717) is 22.7 Å². The maximum Gasteiger partial charge on any atom is 0.422 e. The molecule has 3 rings (SSSR count). The van der Waals surface area contributed by atoms with Crippen LogP contribution < -0.4 is 19.5 Å². The zero-order chi connectivity index (χ0) is 24.0. The number of hydrogen-bond acceptors (Lipinski definition) is 8. The number of hydrogen-bond donors (Lipinski definition) is 1. The van der Waals surface area contributed by atoms with E-state index in [1.807, 2.05) is 0 Å². The molecule has 0 aliphatic rings. The third-order valence-electron chi connectivity index (χ3n) is 4.36. The number of carbonyl (C=O) groups is 1. The quantitative estimate of drug-likeness (QED) is 0.484. The highest BCUT2D eigenvalue weighted by atomic mass is 19.4. The van der Waals surface area contributed by atoms with Crippen molar-refractivity contribution in [2.45, 2.75) is 6.18 Å². The molecule has 11 heteroatoms. The second-order valence-electron chi connectivity index (χ2n) is 6.63. The molecule has 0 bridgehead atoms. The standard InChI is InChI=1S/C22H20F3N3O5/c1-30-16-7-15(8-17(9-16)31-2)28-21-26-10-14(11-27-21)18-5-4-13(20(29)32-3)6-19(18)33-12-22(23,24)25/h4-11H,12H2,1-3H3,(H,26,27,28). The van der Waals surface area contributed by atoms with Gasteiger partial charge in [0.05, 0.1) is 26.9 Å². The number of halogens is 3. The lowest BCUT2D eigenvalue weighted by molar-refractivity contribution is -0.153. The summed E-state index contributed by atoms with van der Waals surface area (Å²) in [6.07, 6.45) is -1.72. The van der Waals surface area contributed by atoms with Gasteiger partial charge in [-0.3, -0.25) is 0 Å². The number of methoxy groups -OCH3 is 3. The van der Waals surface area contributed by atoms with Gasteiger partial charge in [0.2, 0.25) is 5.95 Å². The zero-order valence-electron chi connectivity index (χ0n) is 17.9. The molecule has 0 unspecified atom stereocenters. The lowest BCUT2D eigenvalue weighted by atomic mass is 10.1. The van der Waals surface area contributed by atoms with Gasteiger partial charge in [-0.2, -0.15) is 13.2 Å². The molecule has 0 fully saturated rings. The Morgan fingerprint density at radius 1 is 0.970 bits per heavy atom. The van der Waals surface area contributed by atoms with Crippen LogP contribution in [0.5, 0.6) is 17.2 Å². The third kappa shape index (κ3) is 6.25. The summed E-state index contributed by atoms with van der Waals surface area (Å²) in [4.78, 5) is 20.2. The predicted molar refractivity (Wildman–Crippen MR) is 113 cm³/mol. The van der Waals surface area contributed by atoms with E-state index in [4.69, 9.17) is 14.2 Å². The molecule has 1 heterocycles. The van der Waals surface area contributed by atoms with Crippen LogP contribution in [0.25, 0.3) is 11.1 Å². The number of esters is 1. The molecule has 174 valence electrons. The summed E-state index contributed by atoms with van der Waals surface area (Å²) < 4.78 is 58.1. The van der Waals surface area contributed by atoms with Crippen LogP contribution in [0, 0.1) is 0 Å². The Morgan fingerprint density at radius 2 is 1.61 bits per heavy atom. The summed E-state index contributed by atoms with van der Waals surface area (Å²) in [5.74, 6) is 0.495. The first-order valence-electron chi connectivity index (χ1n) is 9.47. The van der Waals surface area contributed by atoms with E-state index in [2.05, 4.69) is 20.0 Å². The van der Waals surface area contributed by atoms with Crippen molar-refractivity contribution in [1.29, 1.82) is 0 Å². The fraction of sp³-hybridized carbons (Fsp3) is 0.227. The number of aromatic nitrogens is 2. The van der Waals surface area contributed by atoms with Gasteiger partial charge in [0.15, 0.2) is 6.61 Å². The number of carbonyl (C=O) groups excluding carboxylic acids is 1. The Bertz CT molecular complexity index is 1100. The fourth-order valence-corrected chi connectivity index (χ4v) is 2.83. The average molecular weight is 463 g/mol. The number of ether oxygens (including phenoxy) is 4. The molecule has 1 N–H and O–H groups in total. The molecular formula is C22H20F3N3O5. The largest absolute Gasteiger partial charge is 0.497 e. The Morgan fingerprint density at radius 3 is 2.15 bits per heavy atom. The fourth-order valence-electron chi connectivity index (χ4n) is 2.83. The Labute approximate surface area is 187 Å². The third-order valence-corrected chi connectivity index (χ3v) is 4.36. The summed E-state index contributed by atoms with van der Waals surface area (Å²) in [5, 5.41) is 3.00. The Balaban J connectivity index is 1.88. The van der Waals surface area contributed by atoms with E-state index < -0.39 is 18.8 Å². The highest BCUT2D eigenvalue weighted by molar-refractivity contribution is 5.91. The van der Waals surface area contributed by atoms with Crippen molar-refractivity contribution in [2.24, 2.45) is 0 Å². The van der Waals surface area contributed by atoms with Gasteiger partial charge in [0, 0.05) is 47.4 Å². The Hall–Kier alpha value is -4.02. The van der Waals surface area contributed by atoms with Gasteiger partial charge in [-0.25, -0.2) is 14.8 Å². The molecule has 8 nitrogen and oxygen atoms in total. The minimum atomic E-state index is -4.55. The van der Waals surface area contributed by atoms with Crippen molar-refractivity contribution in [3.05, 3.63) is 54.4 Å². The summed E-state index contributed by atoms with van der Waals surface area (Å²) in [6.45, 7) is -1.53. The second-order valence-corrected chi connectivity index (χ2v) is 6.63. The molecule has 2 aromatic carbocycles. The minimum Gasteiger partial charge on any atom is -0.497 e. The smallest absolute Gasteiger partial charge is 0.422 e. The van der Waals surface area contributed by atoms with Gasteiger partial charge in [0.1, 0.15) is 17.2 Å². The first kappa shape index (κ1) is 23.6. The van der Waals surface area contributed by atoms with Crippen LogP contribution in [0.4, 0.5) is 24.8 Å². The van der Waals surface area contributed by atoms with E-state index in [0.717, 1.165) is 0 Å². The molecule has 0 radical (unpaired) electrons. The van der Waals surface area contributed by atoms with Crippen molar-refractivity contribution < 1.29 is 36.9 Å². The van der Waals surface area contributed by atoms with E-state index in [9.17, 15) is 18.0 Å². The van der Waals surface area contributed by atoms with Crippen LogP contribution in [-0.4, -0.2) is 50.0 Å². The number of nitrogens with one attached hydrogen (secondary N) is 1. The molecule has 0 aliphatic heterocycles. The second kappa shape index (κ2) is 10.1. The van der Waals surface area contributed by atoms with E-state index in [1.54, 1.807) is 18.2 Å². The molecule has 0 spiro atoms. The summed E-state index contributed by atoms with van der Waals surface area (Å²) in [6, 6.07) is 9.17. The lowest BCUT2D eigenvalue weighted by Gasteiger charge is -2.14. The highest BCUT2D eigenvalue weighted by Crippen LogP contribution is 2.33. The van der Waals surface area contributed by atoms with Crippen molar-refractivity contribution in [2.75, 3.05) is 33.3 Å². The first-order valence-corrected chi connectivity index (χ1v) is 9.47. The van der Waals surface area contributed by atoms with Crippen LogP contribution >= 0.6 is 0 Å². The van der Waals surface area contributed by atoms with Crippen LogP contribution in [0.15, 0.2) is 48.8 Å². The number of anilines is 2. The predicted octanol–water partition coefficient (Wildman–Crippen LogP) is 4.63. The maximum absolute atomic E-state index is 12.7. The number of rotatable bonds is 8. The summed E-state index contributed by atoms with van der Waals surface area (Å²) >= 11 is 0. The van der Waals surface area contributed by atoms with Gasteiger partial charge >= 0.3 is 12.1 Å². The summed E-state index contributed by atoms with van der Waals surface area (Å²) in [7, 11) is 4.21. The maximum atomic E-state index is 12.7. The molecule has 0 aliphatic carbocycles. The molecule has 0 saturated heterocycles. The zero-order valence-corrected chi connectivity index (χ0v) is 17.9. The van der Waals surface area contributed by atoms with Crippen LogP contribution in [-0.2, 0) is 4.74 Å². The van der Waals surface area contributed by atoms with Gasteiger partial charge < -0.3 is 24.3 Å². The molecule has 1 aromatic heterocycles. The minimum absolute atomic E-state index is 0.0459. The van der Waals surface area contributed by atoms with Gasteiger partial charge in [0.25, 0.3) is 0 Å². The van der Waals surface area contributed by atoms with E-state index in [1.165, 1.54) is 51.9 Å². The summed E-state index contributed by atoms with van der Waals surface area (Å²) in [5.41, 5.74) is 1.32. The lowest BCUT2D eigenvalue weighted by Crippen LogP contribution is -2.19. The van der Waals surface area contributed by atoms with Crippen LogP contribution in [0.2, 0.25) is 0 Å². The van der Waals surface area contributed by atoms with Crippen molar-refractivity contribution in [1.82, 2.24) is 9.97 Å². The van der Waals surface area contributed by atoms with Crippen molar-refractivity contribution >= 4 is 17.6 Å². The van der Waals surface area contributed by atoms with Gasteiger partial charge in [-0.05, 0) is 18.2 Å². The highest BCUT2D eigenvalue weighted by Gasteiger charge is 2.29. The Kier molecular flexibility index (Phi) is 7.21. The molecule has 0 atom stereocenters. The van der Waals surface area contributed by atoms with Crippen LogP contribution in [0.3, 0.4) is 0 Å². The van der Waals surface area contributed by atoms with Crippen LogP contribution in [0.1, 0.15) is 10.4 Å². The number of benzene rings is 2. The molecule has 0 amide bonds. The SMILES string of the molecule is COC(=O)c1ccc(-c2cnc(Nc3cc(OC)cc(OC)c3)nc2)c(OCC(F)(F)F)c1. The normalized spacial score (nSPS) is 11.0. The monoisotopic (exact) mass is 463 g/mol. The average Bonchev–Trinajstić information content (AvgIpc) is 2.81. The van der Waals surface area contributed by atoms with Crippen molar-refractivity contribution in [3.63, 3.8) is 0 Å². The van der Waals surface area contributed by atoms with Gasteiger partial charge in [-0.15, -0.1) is 0 Å². The molecule has 33 heavy (non-hydrogen) atoms. The topological polar surface area (TPSA) is 91.8 Å². The molecule has 3 aromatic rings. The number of nitrogens with zero attached hydrogens (tertiary/aromatic N) is 2. The first-order chi connectivity index (χ1) is 15.7. The molecule has 0 saturated carbocycles. The van der Waals surface area contributed by atoms with E-state index >= 15 is 0 Å². The van der Waals surface area contributed by atoms with Crippen molar-refractivity contribution in [3.8, 4) is 28.4 Å². The number of alkyl halides is 3. The molecular weight excluding hydrogens is 443 g/mol.